The fourth-order valence-electron chi connectivity index (χ4n) is 2.42. The summed E-state index contributed by atoms with van der Waals surface area (Å²) in [6.07, 6.45) is -0.844. The van der Waals surface area contributed by atoms with Crippen LogP contribution in [0.5, 0.6) is 0 Å². The van der Waals surface area contributed by atoms with Gasteiger partial charge >= 0.3 is 5.97 Å². The largest absolute Gasteiger partial charge is 0.480 e. The van der Waals surface area contributed by atoms with Crippen molar-refractivity contribution in [2.45, 2.75) is 50.4 Å². The van der Waals surface area contributed by atoms with Gasteiger partial charge in [-0.1, -0.05) is 0 Å². The van der Waals surface area contributed by atoms with Crippen LogP contribution in [0.1, 0.15) is 26.2 Å². The van der Waals surface area contributed by atoms with Crippen molar-refractivity contribution in [2.24, 2.45) is 11.5 Å². The SMILES string of the molecule is C[C@@H](O)[C@H](NC(=O)[C@@H](N)CC(N)=O)C(=O)N1CCC[C@@H]1C(=O)O. The summed E-state index contributed by atoms with van der Waals surface area (Å²) in [4.78, 5) is 47.3. The number of carboxylic acid groups (broad SMARTS) is 1. The van der Waals surface area contributed by atoms with E-state index in [1.165, 1.54) is 6.92 Å². The van der Waals surface area contributed by atoms with E-state index < -0.39 is 54.3 Å². The normalized spacial score (nSPS) is 21.3. The van der Waals surface area contributed by atoms with Crippen molar-refractivity contribution in [3.05, 3.63) is 0 Å². The summed E-state index contributed by atoms with van der Waals surface area (Å²) >= 11 is 0. The summed E-state index contributed by atoms with van der Waals surface area (Å²) < 4.78 is 0. The summed E-state index contributed by atoms with van der Waals surface area (Å²) in [5.41, 5.74) is 10.4. The number of primary amides is 1. The summed E-state index contributed by atoms with van der Waals surface area (Å²) in [7, 11) is 0. The fraction of sp³-hybridized carbons (Fsp3) is 0.692. The Morgan fingerprint density at radius 1 is 1.35 bits per heavy atom. The number of rotatable bonds is 7. The molecule has 1 fully saturated rings. The maximum absolute atomic E-state index is 12.4. The van der Waals surface area contributed by atoms with E-state index in [0.717, 1.165) is 4.90 Å². The van der Waals surface area contributed by atoms with E-state index in [0.29, 0.717) is 12.8 Å². The Kier molecular flexibility index (Phi) is 6.46. The van der Waals surface area contributed by atoms with Crippen molar-refractivity contribution in [1.29, 1.82) is 0 Å². The molecule has 10 nitrogen and oxygen atoms in total. The second-order valence-electron chi connectivity index (χ2n) is 5.53. The van der Waals surface area contributed by atoms with Crippen molar-refractivity contribution in [2.75, 3.05) is 6.54 Å². The summed E-state index contributed by atoms with van der Waals surface area (Å²) in [6, 6.07) is -3.59. The molecule has 0 aliphatic carbocycles. The quantitative estimate of drug-likeness (QED) is 0.333. The number of nitrogens with one attached hydrogen (secondary N) is 1. The molecule has 1 rings (SSSR count). The van der Waals surface area contributed by atoms with Crippen molar-refractivity contribution >= 4 is 23.7 Å². The number of aliphatic carboxylic acids is 1. The van der Waals surface area contributed by atoms with Gasteiger partial charge in [-0.05, 0) is 19.8 Å². The Bertz CT molecular complexity index is 495. The topological polar surface area (TPSA) is 176 Å². The zero-order valence-electron chi connectivity index (χ0n) is 12.8. The zero-order chi connectivity index (χ0) is 17.7. The lowest BCUT2D eigenvalue weighted by Gasteiger charge is -2.29. The van der Waals surface area contributed by atoms with Crippen molar-refractivity contribution in [1.82, 2.24) is 10.2 Å². The smallest absolute Gasteiger partial charge is 0.326 e. The lowest BCUT2D eigenvalue weighted by Crippen LogP contribution is -2.58. The van der Waals surface area contributed by atoms with Crippen LogP contribution in [0.15, 0.2) is 0 Å². The first-order valence-corrected chi connectivity index (χ1v) is 7.20. The van der Waals surface area contributed by atoms with Crippen LogP contribution in [-0.4, -0.2) is 69.6 Å². The highest BCUT2D eigenvalue weighted by Gasteiger charge is 2.39. The van der Waals surface area contributed by atoms with Gasteiger partial charge in [0.1, 0.15) is 12.1 Å². The van der Waals surface area contributed by atoms with Gasteiger partial charge in [0.2, 0.25) is 17.7 Å². The average Bonchev–Trinajstić information content (AvgIpc) is 2.92. The van der Waals surface area contributed by atoms with Crippen LogP contribution in [0, 0.1) is 0 Å². The average molecular weight is 330 g/mol. The van der Waals surface area contributed by atoms with Crippen LogP contribution in [0.4, 0.5) is 0 Å². The van der Waals surface area contributed by atoms with E-state index >= 15 is 0 Å². The molecule has 0 aromatic carbocycles. The second kappa shape index (κ2) is 7.88. The van der Waals surface area contributed by atoms with Gasteiger partial charge in [0, 0.05) is 6.54 Å². The molecule has 1 aliphatic heterocycles. The number of amides is 3. The molecule has 0 unspecified atom stereocenters. The van der Waals surface area contributed by atoms with Crippen molar-refractivity contribution in [3.63, 3.8) is 0 Å². The second-order valence-corrected chi connectivity index (χ2v) is 5.53. The number of hydrogen-bond acceptors (Lipinski definition) is 6. The van der Waals surface area contributed by atoms with E-state index in [1.807, 2.05) is 0 Å². The number of aliphatic hydroxyl groups excluding tert-OH is 1. The first kappa shape index (κ1) is 18.8. The Morgan fingerprint density at radius 2 is 1.96 bits per heavy atom. The molecule has 0 aromatic rings. The molecule has 4 atom stereocenters. The van der Waals surface area contributed by atoms with Gasteiger partial charge in [0.05, 0.1) is 18.6 Å². The minimum Gasteiger partial charge on any atom is -0.480 e. The third kappa shape index (κ3) is 4.89. The van der Waals surface area contributed by atoms with E-state index in [4.69, 9.17) is 16.6 Å². The zero-order valence-corrected chi connectivity index (χ0v) is 12.8. The molecule has 1 aliphatic rings. The lowest BCUT2D eigenvalue weighted by atomic mass is 10.1. The molecule has 0 spiro atoms. The molecule has 3 amide bonds. The van der Waals surface area contributed by atoms with Gasteiger partial charge in [0.25, 0.3) is 0 Å². The van der Waals surface area contributed by atoms with E-state index in [9.17, 15) is 24.3 Å². The summed E-state index contributed by atoms with van der Waals surface area (Å²) in [5.74, 6) is -3.45. The molecule has 23 heavy (non-hydrogen) atoms. The van der Waals surface area contributed by atoms with Gasteiger partial charge in [-0.25, -0.2) is 4.79 Å². The predicted molar refractivity (Wildman–Crippen MR) is 77.8 cm³/mol. The molecule has 10 heteroatoms. The number of aliphatic hydroxyl groups is 1. The number of carboxylic acids is 1. The van der Waals surface area contributed by atoms with Gasteiger partial charge < -0.3 is 31.9 Å². The van der Waals surface area contributed by atoms with E-state index in [-0.39, 0.29) is 6.54 Å². The van der Waals surface area contributed by atoms with Crippen LogP contribution >= 0.6 is 0 Å². The molecule has 0 bridgehead atoms. The number of carbonyl (C=O) groups excluding carboxylic acids is 3. The molecule has 130 valence electrons. The molecule has 7 N–H and O–H groups in total. The number of nitrogens with zero attached hydrogens (tertiary/aromatic N) is 1. The minimum absolute atomic E-state index is 0.224. The van der Waals surface area contributed by atoms with Gasteiger partial charge in [-0.15, -0.1) is 0 Å². The Labute approximate surface area is 132 Å². The molecule has 0 aromatic heterocycles. The third-order valence-corrected chi connectivity index (χ3v) is 3.63. The van der Waals surface area contributed by atoms with Crippen molar-refractivity contribution in [3.8, 4) is 0 Å². The summed E-state index contributed by atoms with van der Waals surface area (Å²) in [5, 5.41) is 21.1. The number of carbonyl (C=O) groups is 4. The maximum atomic E-state index is 12.4. The van der Waals surface area contributed by atoms with Crippen LogP contribution in [-0.2, 0) is 19.2 Å². The molecule has 0 radical (unpaired) electrons. The molecular formula is C13H22N4O6. The van der Waals surface area contributed by atoms with Gasteiger partial charge in [0.15, 0.2) is 0 Å². The Morgan fingerprint density at radius 3 is 2.43 bits per heavy atom. The third-order valence-electron chi connectivity index (χ3n) is 3.63. The summed E-state index contributed by atoms with van der Waals surface area (Å²) in [6.45, 7) is 1.51. The number of nitrogens with two attached hydrogens (primary N) is 2. The Balaban J connectivity index is 2.81. The highest BCUT2D eigenvalue weighted by atomic mass is 16.4. The number of likely N-dealkylation sites (tertiary alicyclic amines) is 1. The number of hydrogen-bond donors (Lipinski definition) is 5. The molecule has 0 saturated carbocycles. The molecule has 1 heterocycles. The fourth-order valence-corrected chi connectivity index (χ4v) is 2.42. The van der Waals surface area contributed by atoms with Crippen LogP contribution in [0.3, 0.4) is 0 Å². The van der Waals surface area contributed by atoms with E-state index in [1.54, 1.807) is 0 Å². The highest BCUT2D eigenvalue weighted by Crippen LogP contribution is 2.19. The maximum Gasteiger partial charge on any atom is 0.326 e. The first-order chi connectivity index (χ1) is 10.6. The van der Waals surface area contributed by atoms with Gasteiger partial charge in [-0.2, -0.15) is 0 Å². The minimum atomic E-state index is -1.35. The van der Waals surface area contributed by atoms with E-state index in [2.05, 4.69) is 5.32 Å². The first-order valence-electron chi connectivity index (χ1n) is 7.20. The lowest BCUT2D eigenvalue weighted by molar-refractivity contribution is -0.150. The highest BCUT2D eigenvalue weighted by molar-refractivity contribution is 5.93. The molecule has 1 saturated heterocycles. The van der Waals surface area contributed by atoms with Crippen LogP contribution < -0.4 is 16.8 Å². The predicted octanol–water partition coefficient (Wildman–Crippen LogP) is -2.87. The standard InChI is InChI=1S/C13H22N4O6/c1-6(18)10(16-11(20)7(14)5-9(15)19)12(21)17-4-2-3-8(17)13(22)23/h6-8,10,18H,2-5,14H2,1H3,(H2,15,19)(H,16,20)(H,22,23)/t6-,7+,8-,10+/m1/s1. The Hall–Kier alpha value is -2.20. The van der Waals surface area contributed by atoms with Gasteiger partial charge in [-0.3, -0.25) is 14.4 Å². The molecular weight excluding hydrogens is 308 g/mol. The van der Waals surface area contributed by atoms with Crippen LogP contribution in [0.25, 0.3) is 0 Å². The van der Waals surface area contributed by atoms with Crippen LogP contribution in [0.2, 0.25) is 0 Å². The monoisotopic (exact) mass is 330 g/mol. The van der Waals surface area contributed by atoms with Crippen molar-refractivity contribution < 1.29 is 29.4 Å².